The normalized spacial score (nSPS) is 17.5. The minimum absolute atomic E-state index is 0.383. The molecule has 0 aliphatic carbocycles. The SMILES string of the molecule is O=C(O)C=CC(=O)N1N=C(c2ccccc2)C[C@@H]1c1ccco1. The molecule has 6 heteroatoms. The minimum atomic E-state index is -1.18. The average molecular weight is 310 g/mol. The fourth-order valence-electron chi connectivity index (χ4n) is 2.44. The minimum Gasteiger partial charge on any atom is -0.478 e. The number of carbonyl (C=O) groups excluding carboxylic acids is 1. The fourth-order valence-corrected chi connectivity index (χ4v) is 2.44. The number of hydrogen-bond donors (Lipinski definition) is 1. The molecule has 1 amide bonds. The molecule has 0 bridgehead atoms. The van der Waals surface area contributed by atoms with E-state index < -0.39 is 11.9 Å². The topological polar surface area (TPSA) is 83.1 Å². The third kappa shape index (κ3) is 3.21. The number of nitrogens with zero attached hydrogens (tertiary/aromatic N) is 2. The maximum atomic E-state index is 12.3. The predicted octanol–water partition coefficient (Wildman–Crippen LogP) is 2.60. The van der Waals surface area contributed by atoms with Crippen molar-refractivity contribution in [2.24, 2.45) is 5.10 Å². The fraction of sp³-hybridized carbons (Fsp3) is 0.118. The summed E-state index contributed by atoms with van der Waals surface area (Å²) in [7, 11) is 0. The van der Waals surface area contributed by atoms with Gasteiger partial charge in [0, 0.05) is 18.6 Å². The van der Waals surface area contributed by atoms with Gasteiger partial charge in [0.15, 0.2) is 0 Å². The third-order valence-electron chi connectivity index (χ3n) is 3.48. The Kier molecular flexibility index (Phi) is 4.05. The summed E-state index contributed by atoms with van der Waals surface area (Å²) < 4.78 is 5.40. The van der Waals surface area contributed by atoms with Crippen LogP contribution in [0.2, 0.25) is 0 Å². The van der Waals surface area contributed by atoms with E-state index in [-0.39, 0.29) is 6.04 Å². The van der Waals surface area contributed by atoms with Gasteiger partial charge in [0.2, 0.25) is 0 Å². The number of hydrazone groups is 1. The van der Waals surface area contributed by atoms with Crippen molar-refractivity contribution in [3.63, 3.8) is 0 Å². The number of rotatable bonds is 4. The van der Waals surface area contributed by atoms with E-state index in [1.807, 2.05) is 30.3 Å². The van der Waals surface area contributed by atoms with Crippen molar-refractivity contribution in [2.45, 2.75) is 12.5 Å². The highest BCUT2D eigenvalue weighted by Gasteiger charge is 2.33. The zero-order valence-corrected chi connectivity index (χ0v) is 12.1. The highest BCUT2D eigenvalue weighted by atomic mass is 16.4. The third-order valence-corrected chi connectivity index (χ3v) is 3.48. The number of furan rings is 1. The van der Waals surface area contributed by atoms with Gasteiger partial charge in [-0.05, 0) is 17.7 Å². The Morgan fingerprint density at radius 3 is 2.61 bits per heavy atom. The van der Waals surface area contributed by atoms with Crippen LogP contribution in [0, 0.1) is 0 Å². The van der Waals surface area contributed by atoms with Crippen LogP contribution in [0.1, 0.15) is 23.8 Å². The largest absolute Gasteiger partial charge is 0.478 e. The summed E-state index contributed by atoms with van der Waals surface area (Å²) in [5.74, 6) is -1.07. The Morgan fingerprint density at radius 1 is 1.17 bits per heavy atom. The van der Waals surface area contributed by atoms with Gasteiger partial charge in [0.05, 0.1) is 12.0 Å². The number of carboxylic acid groups (broad SMARTS) is 1. The predicted molar refractivity (Wildman–Crippen MR) is 82.7 cm³/mol. The lowest BCUT2D eigenvalue weighted by molar-refractivity contribution is -0.132. The Labute approximate surface area is 132 Å². The van der Waals surface area contributed by atoms with Gasteiger partial charge in [0.1, 0.15) is 11.8 Å². The van der Waals surface area contributed by atoms with E-state index >= 15 is 0 Å². The zero-order chi connectivity index (χ0) is 16.2. The molecule has 0 saturated carbocycles. The molecule has 1 aliphatic heterocycles. The lowest BCUT2D eigenvalue weighted by Gasteiger charge is -2.17. The van der Waals surface area contributed by atoms with Crippen LogP contribution < -0.4 is 0 Å². The van der Waals surface area contributed by atoms with Crippen molar-refractivity contribution in [1.29, 1.82) is 0 Å². The molecule has 0 saturated heterocycles. The van der Waals surface area contributed by atoms with E-state index in [1.165, 1.54) is 11.3 Å². The second-order valence-corrected chi connectivity index (χ2v) is 5.00. The monoisotopic (exact) mass is 310 g/mol. The van der Waals surface area contributed by atoms with E-state index in [4.69, 9.17) is 9.52 Å². The average Bonchev–Trinajstić information content (AvgIpc) is 3.22. The van der Waals surface area contributed by atoms with Crippen molar-refractivity contribution in [2.75, 3.05) is 0 Å². The molecule has 0 spiro atoms. The Morgan fingerprint density at radius 2 is 1.96 bits per heavy atom. The quantitative estimate of drug-likeness (QED) is 0.880. The molecule has 2 aromatic rings. The standard InChI is InChI=1S/C17H14N2O4/c20-16(8-9-17(21)22)19-14(15-7-4-10-23-15)11-13(18-19)12-5-2-1-3-6-12/h1-10,14H,11H2,(H,21,22)/t14-/m1/s1. The first-order valence-electron chi connectivity index (χ1n) is 7.05. The lowest BCUT2D eigenvalue weighted by atomic mass is 10.0. The van der Waals surface area contributed by atoms with E-state index in [1.54, 1.807) is 12.1 Å². The second-order valence-electron chi connectivity index (χ2n) is 5.00. The van der Waals surface area contributed by atoms with Gasteiger partial charge in [-0.15, -0.1) is 0 Å². The molecule has 0 unspecified atom stereocenters. The molecule has 0 radical (unpaired) electrons. The van der Waals surface area contributed by atoms with E-state index in [0.29, 0.717) is 12.2 Å². The molecule has 23 heavy (non-hydrogen) atoms. The first-order chi connectivity index (χ1) is 11.1. The van der Waals surface area contributed by atoms with Crippen LogP contribution in [0.5, 0.6) is 0 Å². The molecule has 6 nitrogen and oxygen atoms in total. The summed E-state index contributed by atoms with van der Waals surface area (Å²) in [5.41, 5.74) is 1.67. The van der Waals surface area contributed by atoms with Crippen LogP contribution in [-0.2, 0) is 9.59 Å². The summed E-state index contributed by atoms with van der Waals surface area (Å²) in [4.78, 5) is 22.9. The molecular formula is C17H14N2O4. The first-order valence-corrected chi connectivity index (χ1v) is 7.05. The van der Waals surface area contributed by atoms with Crippen LogP contribution in [0.3, 0.4) is 0 Å². The molecule has 0 fully saturated rings. The molecule has 116 valence electrons. The van der Waals surface area contributed by atoms with Crippen LogP contribution in [0.15, 0.2) is 70.4 Å². The number of carboxylic acids is 1. The smallest absolute Gasteiger partial charge is 0.328 e. The van der Waals surface area contributed by atoms with Crippen molar-refractivity contribution in [3.05, 3.63) is 72.2 Å². The lowest BCUT2D eigenvalue weighted by Crippen LogP contribution is -2.25. The number of amides is 1. The molecule has 1 aliphatic rings. The molecule has 1 atom stereocenters. The van der Waals surface area contributed by atoms with Crippen molar-refractivity contribution >= 4 is 17.6 Å². The maximum absolute atomic E-state index is 12.3. The molecule has 1 aromatic heterocycles. The highest BCUT2D eigenvalue weighted by molar-refractivity contribution is 6.04. The van der Waals surface area contributed by atoms with E-state index in [0.717, 1.165) is 23.4 Å². The van der Waals surface area contributed by atoms with Gasteiger partial charge >= 0.3 is 5.97 Å². The number of aliphatic carboxylic acids is 1. The van der Waals surface area contributed by atoms with E-state index in [2.05, 4.69) is 5.10 Å². The Bertz CT molecular complexity index is 763. The van der Waals surface area contributed by atoms with Crippen LogP contribution in [-0.4, -0.2) is 27.7 Å². The summed E-state index contributed by atoms with van der Waals surface area (Å²) in [6, 6.07) is 12.7. The Balaban J connectivity index is 1.92. The summed E-state index contributed by atoms with van der Waals surface area (Å²) in [6.45, 7) is 0. The van der Waals surface area contributed by atoms with Crippen molar-refractivity contribution < 1.29 is 19.1 Å². The van der Waals surface area contributed by atoms with Gasteiger partial charge < -0.3 is 9.52 Å². The van der Waals surface area contributed by atoms with Gasteiger partial charge in [-0.2, -0.15) is 5.10 Å². The van der Waals surface area contributed by atoms with Gasteiger partial charge in [-0.25, -0.2) is 9.80 Å². The number of carbonyl (C=O) groups is 2. The van der Waals surface area contributed by atoms with Crippen LogP contribution in [0.25, 0.3) is 0 Å². The van der Waals surface area contributed by atoms with Gasteiger partial charge in [-0.3, -0.25) is 4.79 Å². The molecule has 1 aromatic carbocycles. The number of hydrogen-bond acceptors (Lipinski definition) is 4. The first kappa shape index (κ1) is 14.8. The molecule has 1 N–H and O–H groups in total. The summed E-state index contributed by atoms with van der Waals surface area (Å²) in [6.07, 6.45) is 3.84. The zero-order valence-electron chi connectivity index (χ0n) is 12.1. The van der Waals surface area contributed by atoms with Crippen molar-refractivity contribution in [1.82, 2.24) is 5.01 Å². The number of benzene rings is 1. The Hall–Kier alpha value is -3.15. The molecule has 3 rings (SSSR count). The van der Waals surface area contributed by atoms with Crippen molar-refractivity contribution in [3.8, 4) is 0 Å². The molecular weight excluding hydrogens is 296 g/mol. The second kappa shape index (κ2) is 6.31. The van der Waals surface area contributed by atoms with Crippen LogP contribution in [0.4, 0.5) is 0 Å². The maximum Gasteiger partial charge on any atom is 0.328 e. The molecule has 2 heterocycles. The van der Waals surface area contributed by atoms with E-state index in [9.17, 15) is 9.59 Å². The highest BCUT2D eigenvalue weighted by Crippen LogP contribution is 2.33. The van der Waals surface area contributed by atoms with Crippen LogP contribution >= 0.6 is 0 Å². The van der Waals surface area contributed by atoms with Gasteiger partial charge in [0.25, 0.3) is 5.91 Å². The summed E-state index contributed by atoms with van der Waals surface area (Å²) in [5, 5.41) is 14.3. The van der Waals surface area contributed by atoms with Gasteiger partial charge in [-0.1, -0.05) is 30.3 Å². The summed E-state index contributed by atoms with van der Waals surface area (Å²) >= 11 is 0.